The Morgan fingerprint density at radius 1 is 1.33 bits per heavy atom. The second-order valence-electron chi connectivity index (χ2n) is 5.34. The van der Waals surface area contributed by atoms with E-state index in [1.165, 1.54) is 25.5 Å². The van der Waals surface area contributed by atoms with Crippen molar-refractivity contribution in [2.24, 2.45) is 5.10 Å². The van der Waals surface area contributed by atoms with Gasteiger partial charge in [0.05, 0.1) is 18.2 Å². The highest BCUT2D eigenvalue weighted by Gasteiger charge is 2.21. The molecule has 1 aromatic carbocycles. The lowest BCUT2D eigenvalue weighted by Gasteiger charge is -2.10. The minimum absolute atomic E-state index is 0.0384. The van der Waals surface area contributed by atoms with Gasteiger partial charge in [-0.05, 0) is 25.0 Å². The summed E-state index contributed by atoms with van der Waals surface area (Å²) in [6.45, 7) is 0. The highest BCUT2D eigenvalue weighted by molar-refractivity contribution is 6.35. The van der Waals surface area contributed by atoms with Crippen LogP contribution in [-0.2, 0) is 9.59 Å². The molecule has 128 valence electrons. The number of methoxy groups -OCH3 is 1. The summed E-state index contributed by atoms with van der Waals surface area (Å²) < 4.78 is 4.89. The predicted octanol–water partition coefficient (Wildman–Crippen LogP) is 1.11. The fraction of sp³-hybridized carbons (Fsp3) is 0.400. The Morgan fingerprint density at radius 2 is 2.04 bits per heavy atom. The number of nitro benzene ring substituents is 1. The number of ether oxygens (including phenoxy) is 1. The molecule has 0 spiro atoms. The first-order valence-corrected chi connectivity index (χ1v) is 7.47. The fourth-order valence-electron chi connectivity index (χ4n) is 2.47. The molecular formula is C15H18N4O5. The van der Waals surface area contributed by atoms with Crippen LogP contribution in [0.2, 0.25) is 0 Å². The molecule has 1 fully saturated rings. The fourth-order valence-corrected chi connectivity index (χ4v) is 2.47. The molecule has 1 saturated carbocycles. The zero-order valence-corrected chi connectivity index (χ0v) is 13.2. The second kappa shape index (κ2) is 8.04. The maximum absolute atomic E-state index is 11.7. The summed E-state index contributed by atoms with van der Waals surface area (Å²) in [5.74, 6) is -1.49. The first-order chi connectivity index (χ1) is 11.5. The van der Waals surface area contributed by atoms with Crippen LogP contribution in [0.1, 0.15) is 31.2 Å². The Balaban J connectivity index is 1.93. The Labute approximate surface area is 138 Å². The first-order valence-electron chi connectivity index (χ1n) is 7.47. The summed E-state index contributed by atoms with van der Waals surface area (Å²) in [7, 11) is 1.33. The number of nitrogens with zero attached hydrogens (tertiary/aromatic N) is 2. The monoisotopic (exact) mass is 334 g/mol. The maximum Gasteiger partial charge on any atom is 0.329 e. The summed E-state index contributed by atoms with van der Waals surface area (Å²) in [4.78, 5) is 33.6. The van der Waals surface area contributed by atoms with Crippen molar-refractivity contribution in [2.75, 3.05) is 7.11 Å². The van der Waals surface area contributed by atoms with E-state index in [9.17, 15) is 19.7 Å². The van der Waals surface area contributed by atoms with E-state index in [-0.39, 0.29) is 17.5 Å². The molecule has 2 amide bonds. The van der Waals surface area contributed by atoms with E-state index in [2.05, 4.69) is 15.8 Å². The van der Waals surface area contributed by atoms with Gasteiger partial charge in [0.2, 0.25) is 0 Å². The van der Waals surface area contributed by atoms with Crippen LogP contribution in [-0.4, -0.2) is 36.1 Å². The van der Waals surface area contributed by atoms with Crippen molar-refractivity contribution in [3.8, 4) is 5.75 Å². The van der Waals surface area contributed by atoms with Gasteiger partial charge in [-0.2, -0.15) is 5.10 Å². The van der Waals surface area contributed by atoms with Gasteiger partial charge in [0.1, 0.15) is 0 Å². The van der Waals surface area contributed by atoms with E-state index in [0.29, 0.717) is 5.56 Å². The van der Waals surface area contributed by atoms with Crippen LogP contribution in [0.4, 0.5) is 5.69 Å². The molecule has 0 aliphatic heterocycles. The van der Waals surface area contributed by atoms with Gasteiger partial charge in [-0.15, -0.1) is 0 Å². The summed E-state index contributed by atoms with van der Waals surface area (Å²) in [5, 5.41) is 17.2. The lowest BCUT2D eigenvalue weighted by molar-refractivity contribution is -0.385. The zero-order chi connectivity index (χ0) is 17.5. The van der Waals surface area contributed by atoms with E-state index in [0.717, 1.165) is 25.7 Å². The van der Waals surface area contributed by atoms with Gasteiger partial charge in [0.25, 0.3) is 0 Å². The van der Waals surface area contributed by atoms with Crippen LogP contribution in [0.25, 0.3) is 0 Å². The summed E-state index contributed by atoms with van der Waals surface area (Å²) in [6.07, 6.45) is 5.05. The SMILES string of the molecule is COc1ccc(/C=N\NC(=O)C(=O)NC2CCCC2)cc1[N+](=O)[O-]. The molecule has 2 rings (SSSR count). The van der Waals surface area contributed by atoms with Crippen molar-refractivity contribution in [3.05, 3.63) is 33.9 Å². The van der Waals surface area contributed by atoms with Gasteiger partial charge >= 0.3 is 17.5 Å². The standard InChI is InChI=1S/C15H18N4O5/c1-24-13-7-6-10(8-12(13)19(22)23)9-16-18-15(21)14(20)17-11-4-2-3-5-11/h6-9,11H,2-5H2,1H3,(H,17,20)(H,18,21)/b16-9-. The summed E-state index contributed by atoms with van der Waals surface area (Å²) in [6, 6.07) is 4.26. The Hall–Kier alpha value is -2.97. The molecule has 0 heterocycles. The molecule has 24 heavy (non-hydrogen) atoms. The Kier molecular flexibility index (Phi) is 5.83. The van der Waals surface area contributed by atoms with Gasteiger partial charge in [-0.25, -0.2) is 5.43 Å². The van der Waals surface area contributed by atoms with E-state index >= 15 is 0 Å². The maximum atomic E-state index is 11.7. The minimum atomic E-state index is -0.874. The van der Waals surface area contributed by atoms with Gasteiger partial charge in [-0.1, -0.05) is 12.8 Å². The molecular weight excluding hydrogens is 316 g/mol. The molecule has 9 heteroatoms. The third kappa shape index (κ3) is 4.51. The average molecular weight is 334 g/mol. The van der Waals surface area contributed by atoms with E-state index in [4.69, 9.17) is 4.74 Å². The van der Waals surface area contributed by atoms with Crippen LogP contribution in [0.3, 0.4) is 0 Å². The highest BCUT2D eigenvalue weighted by atomic mass is 16.6. The number of hydrazone groups is 1. The summed E-state index contributed by atoms with van der Waals surface area (Å²) in [5.41, 5.74) is 2.27. The molecule has 0 saturated heterocycles. The highest BCUT2D eigenvalue weighted by Crippen LogP contribution is 2.26. The molecule has 0 radical (unpaired) electrons. The normalized spacial score (nSPS) is 14.5. The molecule has 0 unspecified atom stereocenters. The molecule has 0 bridgehead atoms. The van der Waals surface area contributed by atoms with Crippen LogP contribution < -0.4 is 15.5 Å². The number of carbonyl (C=O) groups excluding carboxylic acids is 2. The van der Waals surface area contributed by atoms with Crippen molar-refractivity contribution >= 4 is 23.7 Å². The van der Waals surface area contributed by atoms with Gasteiger partial charge in [0, 0.05) is 17.7 Å². The molecule has 2 N–H and O–H groups in total. The van der Waals surface area contributed by atoms with Gasteiger partial charge in [0.15, 0.2) is 5.75 Å². The summed E-state index contributed by atoms with van der Waals surface area (Å²) >= 11 is 0. The molecule has 1 aliphatic rings. The number of carbonyl (C=O) groups is 2. The third-order valence-electron chi connectivity index (χ3n) is 3.68. The van der Waals surface area contributed by atoms with E-state index < -0.39 is 16.7 Å². The van der Waals surface area contributed by atoms with Crippen molar-refractivity contribution in [1.29, 1.82) is 0 Å². The van der Waals surface area contributed by atoms with Crippen molar-refractivity contribution < 1.29 is 19.2 Å². The number of rotatable bonds is 5. The molecule has 0 aromatic heterocycles. The predicted molar refractivity (Wildman–Crippen MR) is 85.8 cm³/mol. The number of hydrogen-bond acceptors (Lipinski definition) is 6. The number of nitrogens with one attached hydrogen (secondary N) is 2. The quantitative estimate of drug-likeness (QED) is 0.361. The third-order valence-corrected chi connectivity index (χ3v) is 3.68. The van der Waals surface area contributed by atoms with Crippen LogP contribution >= 0.6 is 0 Å². The van der Waals surface area contributed by atoms with Crippen molar-refractivity contribution in [1.82, 2.24) is 10.7 Å². The van der Waals surface area contributed by atoms with Gasteiger partial charge < -0.3 is 10.1 Å². The number of hydrogen-bond donors (Lipinski definition) is 2. The number of amides is 2. The van der Waals surface area contributed by atoms with Crippen molar-refractivity contribution in [3.63, 3.8) is 0 Å². The second-order valence-corrected chi connectivity index (χ2v) is 5.34. The van der Waals surface area contributed by atoms with Crippen LogP contribution in [0.15, 0.2) is 23.3 Å². The molecule has 1 aliphatic carbocycles. The van der Waals surface area contributed by atoms with Gasteiger partial charge in [-0.3, -0.25) is 19.7 Å². The lowest BCUT2D eigenvalue weighted by atomic mass is 10.2. The van der Waals surface area contributed by atoms with Crippen LogP contribution in [0.5, 0.6) is 5.75 Å². The van der Waals surface area contributed by atoms with Crippen LogP contribution in [0, 0.1) is 10.1 Å². The molecule has 9 nitrogen and oxygen atoms in total. The number of nitro groups is 1. The topological polar surface area (TPSA) is 123 Å². The minimum Gasteiger partial charge on any atom is -0.490 e. The smallest absolute Gasteiger partial charge is 0.329 e. The average Bonchev–Trinajstić information content (AvgIpc) is 3.07. The number of benzene rings is 1. The first kappa shape index (κ1) is 17.4. The largest absolute Gasteiger partial charge is 0.490 e. The Morgan fingerprint density at radius 3 is 2.67 bits per heavy atom. The zero-order valence-electron chi connectivity index (χ0n) is 13.2. The molecule has 1 aromatic rings. The molecule has 0 atom stereocenters. The van der Waals surface area contributed by atoms with E-state index in [1.54, 1.807) is 6.07 Å². The van der Waals surface area contributed by atoms with Crippen molar-refractivity contribution in [2.45, 2.75) is 31.7 Å². The van der Waals surface area contributed by atoms with E-state index in [1.807, 2.05) is 0 Å². The lowest BCUT2D eigenvalue weighted by Crippen LogP contribution is -2.42. The Bertz CT molecular complexity index is 668.